The number of rotatable bonds is 3. The van der Waals surface area contributed by atoms with Crippen LogP contribution in [0.1, 0.15) is 24.1 Å². The second-order valence-corrected chi connectivity index (χ2v) is 3.11. The fraction of sp³-hybridized carbons (Fsp3) is 0.500. The molecule has 0 bridgehead atoms. The van der Waals surface area contributed by atoms with Crippen LogP contribution in [0, 0.1) is 6.92 Å². The van der Waals surface area contributed by atoms with Gasteiger partial charge in [-0.15, -0.1) is 0 Å². The van der Waals surface area contributed by atoms with Crippen LogP contribution in [-0.2, 0) is 0 Å². The molecular weight excluding hydrogens is 152 g/mol. The molecule has 0 saturated heterocycles. The Labute approximate surface area is 71.1 Å². The van der Waals surface area contributed by atoms with Crippen LogP contribution < -0.4 is 5.43 Å². The van der Waals surface area contributed by atoms with E-state index in [1.165, 1.54) is 12.8 Å². The summed E-state index contributed by atoms with van der Waals surface area (Å²) < 4.78 is 0. The highest BCUT2D eigenvalue weighted by atomic mass is 15.3. The van der Waals surface area contributed by atoms with Crippen molar-refractivity contribution in [1.29, 1.82) is 0 Å². The van der Waals surface area contributed by atoms with Gasteiger partial charge in [-0.05, 0) is 19.8 Å². The molecule has 0 amide bonds. The molecule has 4 nitrogen and oxygen atoms in total. The standard InChI is InChI=1S/C8H12N4/c1-6-7(4-9-11-6)5-10-12-8-2-3-8/h4-5,8,12H,2-3H2,1H3,(H,9,11)/b10-5+. The fourth-order valence-corrected chi connectivity index (χ4v) is 0.915. The molecule has 0 aliphatic heterocycles. The van der Waals surface area contributed by atoms with Crippen molar-refractivity contribution >= 4 is 6.21 Å². The first-order valence-corrected chi connectivity index (χ1v) is 4.15. The quantitative estimate of drug-likeness (QED) is 0.513. The van der Waals surface area contributed by atoms with Crippen molar-refractivity contribution in [3.8, 4) is 0 Å². The molecule has 1 saturated carbocycles. The number of hydrogen-bond acceptors (Lipinski definition) is 3. The second-order valence-electron chi connectivity index (χ2n) is 3.11. The molecule has 1 aromatic heterocycles. The summed E-state index contributed by atoms with van der Waals surface area (Å²) in [7, 11) is 0. The van der Waals surface area contributed by atoms with Gasteiger partial charge in [-0.3, -0.25) is 5.10 Å². The van der Waals surface area contributed by atoms with Crippen LogP contribution >= 0.6 is 0 Å². The molecule has 2 rings (SSSR count). The van der Waals surface area contributed by atoms with Crippen LogP contribution in [0.4, 0.5) is 0 Å². The van der Waals surface area contributed by atoms with E-state index >= 15 is 0 Å². The maximum Gasteiger partial charge on any atom is 0.0578 e. The SMILES string of the molecule is Cc1[nH]ncc1/C=N/NC1CC1. The van der Waals surface area contributed by atoms with Crippen LogP contribution in [0.5, 0.6) is 0 Å². The monoisotopic (exact) mass is 164 g/mol. The molecule has 0 atom stereocenters. The zero-order valence-corrected chi connectivity index (χ0v) is 7.04. The molecule has 0 radical (unpaired) electrons. The van der Waals surface area contributed by atoms with Gasteiger partial charge in [0.15, 0.2) is 0 Å². The first kappa shape index (κ1) is 7.34. The Kier molecular flexibility index (Phi) is 1.81. The number of aryl methyl sites for hydroxylation is 1. The highest BCUT2D eigenvalue weighted by molar-refractivity contribution is 5.80. The smallest absolute Gasteiger partial charge is 0.0578 e. The van der Waals surface area contributed by atoms with Gasteiger partial charge in [0.25, 0.3) is 0 Å². The minimum atomic E-state index is 0.619. The summed E-state index contributed by atoms with van der Waals surface area (Å²) >= 11 is 0. The maximum absolute atomic E-state index is 4.10. The number of hydrogen-bond donors (Lipinski definition) is 2. The Hall–Kier alpha value is -1.32. The molecule has 0 unspecified atom stereocenters. The zero-order chi connectivity index (χ0) is 8.39. The van der Waals surface area contributed by atoms with E-state index < -0.39 is 0 Å². The van der Waals surface area contributed by atoms with E-state index in [-0.39, 0.29) is 0 Å². The van der Waals surface area contributed by atoms with Crippen molar-refractivity contribution in [2.24, 2.45) is 5.10 Å². The molecule has 2 N–H and O–H groups in total. The molecular formula is C8H12N4. The van der Waals surface area contributed by atoms with Gasteiger partial charge in [-0.2, -0.15) is 10.2 Å². The predicted molar refractivity (Wildman–Crippen MR) is 47.1 cm³/mol. The Morgan fingerprint density at radius 1 is 1.75 bits per heavy atom. The second kappa shape index (κ2) is 2.97. The highest BCUT2D eigenvalue weighted by Crippen LogP contribution is 2.18. The van der Waals surface area contributed by atoms with Crippen molar-refractivity contribution in [3.05, 3.63) is 17.5 Å². The lowest BCUT2D eigenvalue weighted by molar-refractivity contribution is 0.741. The third kappa shape index (κ3) is 1.64. The minimum absolute atomic E-state index is 0.619. The van der Waals surface area contributed by atoms with E-state index in [2.05, 4.69) is 20.7 Å². The van der Waals surface area contributed by atoms with Crippen molar-refractivity contribution in [3.63, 3.8) is 0 Å². The summed E-state index contributed by atoms with van der Waals surface area (Å²) in [5.41, 5.74) is 5.15. The molecule has 12 heavy (non-hydrogen) atoms. The molecule has 0 spiro atoms. The van der Waals surface area contributed by atoms with Gasteiger partial charge < -0.3 is 5.43 Å². The van der Waals surface area contributed by atoms with Crippen LogP contribution in [0.3, 0.4) is 0 Å². The van der Waals surface area contributed by atoms with E-state index in [4.69, 9.17) is 0 Å². The maximum atomic E-state index is 4.10. The summed E-state index contributed by atoms with van der Waals surface area (Å²) in [5, 5.41) is 10.8. The third-order valence-corrected chi connectivity index (χ3v) is 1.91. The minimum Gasteiger partial charge on any atom is -0.307 e. The lowest BCUT2D eigenvalue weighted by atomic mass is 10.3. The van der Waals surface area contributed by atoms with Crippen LogP contribution in [0.2, 0.25) is 0 Å². The summed E-state index contributed by atoms with van der Waals surface area (Å²) in [6.07, 6.45) is 6.08. The predicted octanol–water partition coefficient (Wildman–Crippen LogP) is 0.804. The van der Waals surface area contributed by atoms with E-state index in [0.29, 0.717) is 6.04 Å². The van der Waals surface area contributed by atoms with Crippen molar-refractivity contribution in [1.82, 2.24) is 15.6 Å². The van der Waals surface area contributed by atoms with Gasteiger partial charge in [-0.25, -0.2) is 0 Å². The van der Waals surface area contributed by atoms with Gasteiger partial charge in [0.1, 0.15) is 0 Å². The van der Waals surface area contributed by atoms with Crippen LogP contribution in [-0.4, -0.2) is 22.5 Å². The number of aromatic nitrogens is 2. The Balaban J connectivity index is 1.92. The molecule has 1 aromatic rings. The molecule has 1 aliphatic carbocycles. The highest BCUT2D eigenvalue weighted by Gasteiger charge is 2.19. The van der Waals surface area contributed by atoms with Crippen molar-refractivity contribution < 1.29 is 0 Å². The zero-order valence-electron chi connectivity index (χ0n) is 7.04. The average Bonchev–Trinajstić information content (AvgIpc) is 2.78. The number of nitrogens with one attached hydrogen (secondary N) is 2. The van der Waals surface area contributed by atoms with Crippen LogP contribution in [0.15, 0.2) is 11.3 Å². The average molecular weight is 164 g/mol. The van der Waals surface area contributed by atoms with Gasteiger partial charge in [0.05, 0.1) is 12.4 Å². The first-order valence-electron chi connectivity index (χ1n) is 4.15. The van der Waals surface area contributed by atoms with E-state index in [1.54, 1.807) is 12.4 Å². The van der Waals surface area contributed by atoms with Crippen molar-refractivity contribution in [2.45, 2.75) is 25.8 Å². The molecule has 4 heteroatoms. The first-order chi connectivity index (χ1) is 5.86. The Morgan fingerprint density at radius 2 is 2.58 bits per heavy atom. The van der Waals surface area contributed by atoms with E-state index in [0.717, 1.165) is 11.3 Å². The number of hydrazone groups is 1. The van der Waals surface area contributed by atoms with Gasteiger partial charge in [-0.1, -0.05) is 0 Å². The van der Waals surface area contributed by atoms with Gasteiger partial charge in [0.2, 0.25) is 0 Å². The van der Waals surface area contributed by atoms with Gasteiger partial charge in [0, 0.05) is 17.3 Å². The van der Waals surface area contributed by atoms with Crippen molar-refractivity contribution in [2.75, 3.05) is 0 Å². The largest absolute Gasteiger partial charge is 0.307 e. The van der Waals surface area contributed by atoms with Gasteiger partial charge >= 0.3 is 0 Å². The summed E-state index contributed by atoms with van der Waals surface area (Å²) in [5.74, 6) is 0. The third-order valence-electron chi connectivity index (χ3n) is 1.91. The Morgan fingerprint density at radius 3 is 3.17 bits per heavy atom. The fourth-order valence-electron chi connectivity index (χ4n) is 0.915. The Bertz CT molecular complexity index is 285. The summed E-state index contributed by atoms with van der Waals surface area (Å²) in [6, 6.07) is 0.619. The lowest BCUT2D eigenvalue weighted by Gasteiger charge is -1.92. The summed E-state index contributed by atoms with van der Waals surface area (Å²) in [6.45, 7) is 1.98. The lowest BCUT2D eigenvalue weighted by Crippen LogP contribution is -2.07. The number of nitrogens with zero attached hydrogens (tertiary/aromatic N) is 2. The topological polar surface area (TPSA) is 53.1 Å². The molecule has 1 heterocycles. The normalized spacial score (nSPS) is 17.1. The molecule has 1 fully saturated rings. The molecule has 0 aromatic carbocycles. The number of H-pyrrole nitrogens is 1. The molecule has 64 valence electrons. The summed E-state index contributed by atoms with van der Waals surface area (Å²) in [4.78, 5) is 0. The molecule has 1 aliphatic rings. The van der Waals surface area contributed by atoms with E-state index in [1.807, 2.05) is 6.92 Å². The van der Waals surface area contributed by atoms with E-state index in [9.17, 15) is 0 Å². The van der Waals surface area contributed by atoms with Crippen LogP contribution in [0.25, 0.3) is 0 Å². The number of aromatic amines is 1.